The maximum absolute atomic E-state index is 12.4. The maximum Gasteiger partial charge on any atom is 0.318 e. The number of urea groups is 1. The summed E-state index contributed by atoms with van der Waals surface area (Å²) in [6.07, 6.45) is 4.73. The first-order valence-electron chi connectivity index (χ1n) is 8.37. The van der Waals surface area contributed by atoms with E-state index in [1.165, 1.54) is 0 Å². The van der Waals surface area contributed by atoms with Gasteiger partial charge in [0.2, 0.25) is 0 Å². The number of nitrogens with one attached hydrogen (secondary N) is 1. The van der Waals surface area contributed by atoms with E-state index >= 15 is 0 Å². The van der Waals surface area contributed by atoms with Crippen molar-refractivity contribution < 1.29 is 9.53 Å². The van der Waals surface area contributed by atoms with Gasteiger partial charge in [-0.1, -0.05) is 25.1 Å². The van der Waals surface area contributed by atoms with Crippen LogP contribution in [-0.2, 0) is 18.3 Å². The Morgan fingerprint density at radius 2 is 2.29 bits per heavy atom. The van der Waals surface area contributed by atoms with Crippen molar-refractivity contribution >= 4 is 6.03 Å². The van der Waals surface area contributed by atoms with Crippen LogP contribution in [0.2, 0.25) is 0 Å². The molecule has 0 aliphatic carbocycles. The molecular formula is C18H24N4O2. The zero-order chi connectivity index (χ0) is 16.9. The minimum absolute atomic E-state index is 0.0167. The molecule has 1 aromatic heterocycles. The lowest BCUT2D eigenvalue weighted by atomic mass is 10.1. The van der Waals surface area contributed by atoms with Crippen LogP contribution in [0.15, 0.2) is 36.7 Å². The van der Waals surface area contributed by atoms with Gasteiger partial charge >= 0.3 is 6.03 Å². The summed E-state index contributed by atoms with van der Waals surface area (Å²) >= 11 is 0. The third-order valence-corrected chi connectivity index (χ3v) is 4.37. The molecule has 24 heavy (non-hydrogen) atoms. The van der Waals surface area contributed by atoms with Crippen molar-refractivity contribution in [2.45, 2.75) is 25.9 Å². The summed E-state index contributed by atoms with van der Waals surface area (Å²) < 4.78 is 7.24. The third-order valence-electron chi connectivity index (χ3n) is 4.37. The highest BCUT2D eigenvalue weighted by Gasteiger charge is 2.25. The van der Waals surface area contributed by atoms with Crippen molar-refractivity contribution in [3.05, 3.63) is 42.2 Å². The average molecular weight is 328 g/mol. The molecule has 0 bridgehead atoms. The standard InChI is InChI=1S/C18H24N4O2/c1-3-17-13-24-8-7-22(17)18(23)19-10-14-5-4-6-15(9-14)16-11-20-21(2)12-16/h4-6,9,11-12,17H,3,7-8,10,13H2,1-2H3,(H,19,23)/t17-/m1/s1. The molecule has 0 unspecified atom stereocenters. The van der Waals surface area contributed by atoms with Gasteiger partial charge in [0.05, 0.1) is 25.5 Å². The first kappa shape index (κ1) is 16.5. The van der Waals surface area contributed by atoms with Gasteiger partial charge < -0.3 is 15.0 Å². The van der Waals surface area contributed by atoms with E-state index < -0.39 is 0 Å². The van der Waals surface area contributed by atoms with E-state index in [4.69, 9.17) is 4.74 Å². The zero-order valence-corrected chi connectivity index (χ0v) is 14.2. The number of ether oxygens (including phenoxy) is 1. The Labute approximate surface area is 142 Å². The van der Waals surface area contributed by atoms with Crippen molar-refractivity contribution in [2.24, 2.45) is 7.05 Å². The number of aromatic nitrogens is 2. The van der Waals surface area contributed by atoms with E-state index in [2.05, 4.69) is 29.5 Å². The monoisotopic (exact) mass is 328 g/mol. The van der Waals surface area contributed by atoms with Crippen LogP contribution in [0.5, 0.6) is 0 Å². The second-order valence-electron chi connectivity index (χ2n) is 6.09. The van der Waals surface area contributed by atoms with Crippen LogP contribution in [0.4, 0.5) is 4.79 Å². The zero-order valence-electron chi connectivity index (χ0n) is 14.2. The Morgan fingerprint density at radius 3 is 3.04 bits per heavy atom. The number of amides is 2. The predicted molar refractivity (Wildman–Crippen MR) is 92.5 cm³/mol. The molecule has 1 N–H and O–H groups in total. The lowest BCUT2D eigenvalue weighted by Crippen LogP contribution is -2.52. The summed E-state index contributed by atoms with van der Waals surface area (Å²) in [6.45, 7) is 4.48. The minimum Gasteiger partial charge on any atom is -0.377 e. The fourth-order valence-electron chi connectivity index (χ4n) is 2.97. The molecule has 2 aromatic rings. The van der Waals surface area contributed by atoms with Crippen LogP contribution in [-0.4, -0.2) is 46.5 Å². The fourth-order valence-corrected chi connectivity index (χ4v) is 2.97. The van der Waals surface area contributed by atoms with Gasteiger partial charge in [-0.15, -0.1) is 0 Å². The lowest BCUT2D eigenvalue weighted by Gasteiger charge is -2.35. The molecule has 2 heterocycles. The van der Waals surface area contributed by atoms with Gasteiger partial charge in [0.25, 0.3) is 0 Å². The van der Waals surface area contributed by atoms with Crippen LogP contribution in [0.25, 0.3) is 11.1 Å². The number of aryl methyl sites for hydroxylation is 1. The highest BCUT2D eigenvalue weighted by atomic mass is 16.5. The second-order valence-corrected chi connectivity index (χ2v) is 6.09. The van der Waals surface area contributed by atoms with E-state index in [1.54, 1.807) is 4.68 Å². The molecule has 1 aliphatic heterocycles. The van der Waals surface area contributed by atoms with Gasteiger partial charge in [-0.25, -0.2) is 4.79 Å². The first-order valence-corrected chi connectivity index (χ1v) is 8.37. The van der Waals surface area contributed by atoms with E-state index in [1.807, 2.05) is 36.5 Å². The second kappa shape index (κ2) is 7.49. The molecule has 2 amide bonds. The normalized spacial score (nSPS) is 17.8. The topological polar surface area (TPSA) is 59.4 Å². The molecule has 1 aliphatic rings. The number of carbonyl (C=O) groups excluding carboxylic acids is 1. The van der Waals surface area contributed by atoms with E-state index in [9.17, 15) is 4.79 Å². The summed E-state index contributed by atoms with van der Waals surface area (Å²) in [7, 11) is 1.90. The van der Waals surface area contributed by atoms with Crippen LogP contribution in [0, 0.1) is 0 Å². The van der Waals surface area contributed by atoms with Gasteiger partial charge in [0, 0.05) is 31.9 Å². The van der Waals surface area contributed by atoms with Crippen molar-refractivity contribution in [3.8, 4) is 11.1 Å². The summed E-state index contributed by atoms with van der Waals surface area (Å²) in [4.78, 5) is 14.3. The fraction of sp³-hybridized carbons (Fsp3) is 0.444. The number of benzene rings is 1. The van der Waals surface area contributed by atoms with Gasteiger partial charge in [-0.05, 0) is 23.6 Å². The van der Waals surface area contributed by atoms with Crippen molar-refractivity contribution in [2.75, 3.05) is 19.8 Å². The number of hydrogen-bond acceptors (Lipinski definition) is 3. The van der Waals surface area contributed by atoms with Gasteiger partial charge in [-0.2, -0.15) is 5.10 Å². The van der Waals surface area contributed by atoms with Crippen LogP contribution in [0.3, 0.4) is 0 Å². The van der Waals surface area contributed by atoms with Gasteiger partial charge in [0.1, 0.15) is 0 Å². The molecule has 6 heteroatoms. The molecular weight excluding hydrogens is 304 g/mol. The average Bonchev–Trinajstić information content (AvgIpc) is 3.06. The molecule has 0 saturated carbocycles. The van der Waals surface area contributed by atoms with Gasteiger partial charge in [0.15, 0.2) is 0 Å². The van der Waals surface area contributed by atoms with Crippen molar-refractivity contribution in [3.63, 3.8) is 0 Å². The van der Waals surface area contributed by atoms with Crippen LogP contribution >= 0.6 is 0 Å². The van der Waals surface area contributed by atoms with Crippen LogP contribution in [0.1, 0.15) is 18.9 Å². The molecule has 6 nitrogen and oxygen atoms in total. The summed E-state index contributed by atoms with van der Waals surface area (Å²) in [6, 6.07) is 8.33. The highest BCUT2D eigenvalue weighted by molar-refractivity contribution is 5.74. The largest absolute Gasteiger partial charge is 0.377 e. The highest BCUT2D eigenvalue weighted by Crippen LogP contribution is 2.19. The number of rotatable bonds is 4. The molecule has 128 valence electrons. The number of hydrogen-bond donors (Lipinski definition) is 1. The minimum atomic E-state index is -0.0167. The maximum atomic E-state index is 12.4. The van der Waals surface area contributed by atoms with E-state index in [-0.39, 0.29) is 12.1 Å². The Balaban J connectivity index is 1.63. The van der Waals surface area contributed by atoms with Crippen molar-refractivity contribution in [1.82, 2.24) is 20.0 Å². The molecule has 1 aromatic carbocycles. The Kier molecular flexibility index (Phi) is 5.15. The Hall–Kier alpha value is -2.34. The Morgan fingerprint density at radius 1 is 1.42 bits per heavy atom. The molecule has 1 saturated heterocycles. The third kappa shape index (κ3) is 3.76. The number of morpholine rings is 1. The summed E-state index contributed by atoms with van der Waals surface area (Å²) in [5.74, 6) is 0. The van der Waals surface area contributed by atoms with E-state index in [0.717, 1.165) is 23.1 Å². The SMILES string of the molecule is CC[C@@H]1COCCN1C(=O)NCc1cccc(-c2cnn(C)c2)c1. The molecule has 1 fully saturated rings. The number of carbonyl (C=O) groups is 1. The number of nitrogens with zero attached hydrogens (tertiary/aromatic N) is 3. The van der Waals surface area contributed by atoms with Crippen LogP contribution < -0.4 is 5.32 Å². The quantitative estimate of drug-likeness (QED) is 0.937. The predicted octanol–water partition coefficient (Wildman–Crippen LogP) is 2.41. The lowest BCUT2D eigenvalue weighted by molar-refractivity contribution is 0.0112. The molecule has 3 rings (SSSR count). The molecule has 1 atom stereocenters. The Bertz CT molecular complexity index is 698. The van der Waals surface area contributed by atoms with Gasteiger partial charge in [-0.3, -0.25) is 4.68 Å². The summed E-state index contributed by atoms with van der Waals surface area (Å²) in [5, 5.41) is 7.23. The summed E-state index contributed by atoms with van der Waals surface area (Å²) in [5.41, 5.74) is 3.25. The smallest absolute Gasteiger partial charge is 0.318 e. The molecule has 0 radical (unpaired) electrons. The first-order chi connectivity index (χ1) is 11.7. The molecule has 0 spiro atoms. The van der Waals surface area contributed by atoms with Crippen molar-refractivity contribution in [1.29, 1.82) is 0 Å². The van der Waals surface area contributed by atoms with E-state index in [0.29, 0.717) is 26.3 Å².